The van der Waals surface area contributed by atoms with Gasteiger partial charge in [-0.2, -0.15) is 0 Å². The lowest BCUT2D eigenvalue weighted by Crippen LogP contribution is -2.50. The number of piperidine rings is 1. The van der Waals surface area contributed by atoms with Crippen LogP contribution in [0.2, 0.25) is 18.1 Å². The van der Waals surface area contributed by atoms with E-state index in [2.05, 4.69) is 52.3 Å². The molecule has 0 aliphatic carbocycles. The van der Waals surface area contributed by atoms with Crippen molar-refractivity contribution in [3.8, 4) is 0 Å². The monoisotopic (exact) mass is 349 g/mol. The van der Waals surface area contributed by atoms with Gasteiger partial charge in [0.25, 0.3) is 0 Å². The molecular formula is C20H35NO2Si. The van der Waals surface area contributed by atoms with Gasteiger partial charge in [-0.05, 0) is 35.4 Å². The van der Waals surface area contributed by atoms with E-state index in [9.17, 15) is 9.90 Å². The number of aliphatic hydroxyl groups is 1. The predicted octanol–water partition coefficient (Wildman–Crippen LogP) is 4.44. The van der Waals surface area contributed by atoms with Crippen LogP contribution in [0.3, 0.4) is 0 Å². The van der Waals surface area contributed by atoms with Crippen LogP contribution in [-0.4, -0.2) is 42.7 Å². The van der Waals surface area contributed by atoms with Gasteiger partial charge in [-0.25, -0.2) is 0 Å². The molecule has 2 heterocycles. The van der Waals surface area contributed by atoms with Crippen molar-refractivity contribution in [1.82, 2.24) is 4.90 Å². The molecule has 2 aliphatic rings. The molecule has 0 radical (unpaired) electrons. The van der Waals surface area contributed by atoms with E-state index in [0.717, 1.165) is 25.7 Å². The fourth-order valence-corrected chi connectivity index (χ4v) is 6.52. The molecule has 24 heavy (non-hydrogen) atoms. The molecule has 0 aromatic carbocycles. The van der Waals surface area contributed by atoms with Gasteiger partial charge in [0.2, 0.25) is 5.91 Å². The van der Waals surface area contributed by atoms with Crippen molar-refractivity contribution in [2.45, 2.75) is 90.0 Å². The Kier molecular flexibility index (Phi) is 5.51. The molecule has 0 unspecified atom stereocenters. The highest BCUT2D eigenvalue weighted by atomic mass is 28.3. The first kappa shape index (κ1) is 19.5. The van der Waals surface area contributed by atoms with Crippen molar-refractivity contribution >= 4 is 14.0 Å². The second-order valence-electron chi connectivity index (χ2n) is 9.03. The van der Waals surface area contributed by atoms with Gasteiger partial charge in [0.15, 0.2) is 0 Å². The van der Waals surface area contributed by atoms with Crippen LogP contribution < -0.4 is 0 Å². The Balaban J connectivity index is 2.61. The standard InChI is InChI=1S/C20H35NO2Si/c1-8-9-16-19(17(13-22)24(6,7)20(3,4)5)14(2)12-15-10-11-18(23)21(15)16/h15-16,22H,2,8-13H2,1,3-7H3/b19-17+/t15-,16+/m0/s1. The lowest BCUT2D eigenvalue weighted by molar-refractivity contribution is -0.131. The zero-order chi connectivity index (χ0) is 18.3. The van der Waals surface area contributed by atoms with Crippen LogP contribution in [0.5, 0.6) is 0 Å². The Hall–Kier alpha value is -0.873. The van der Waals surface area contributed by atoms with Gasteiger partial charge in [-0.1, -0.05) is 59.0 Å². The summed E-state index contributed by atoms with van der Waals surface area (Å²) in [5.41, 5.74) is 2.38. The first-order valence-electron chi connectivity index (χ1n) is 9.40. The summed E-state index contributed by atoms with van der Waals surface area (Å²) in [4.78, 5) is 14.7. The summed E-state index contributed by atoms with van der Waals surface area (Å²) in [5.74, 6) is 0.288. The molecule has 1 N–H and O–H groups in total. The van der Waals surface area contributed by atoms with Crippen LogP contribution in [0, 0.1) is 0 Å². The predicted molar refractivity (Wildman–Crippen MR) is 104 cm³/mol. The Bertz CT molecular complexity index is 556. The minimum atomic E-state index is -1.87. The number of carbonyl (C=O) groups is 1. The quantitative estimate of drug-likeness (QED) is 0.762. The van der Waals surface area contributed by atoms with Crippen LogP contribution in [0.4, 0.5) is 0 Å². The SMILES string of the molecule is C=C1C[C@@H]2CCC(=O)N2[C@H](CCC)/C1=C(\CO)[Si](C)(C)C(C)(C)C. The Morgan fingerprint density at radius 1 is 1.38 bits per heavy atom. The second-order valence-corrected chi connectivity index (χ2v) is 14.4. The smallest absolute Gasteiger partial charge is 0.223 e. The van der Waals surface area contributed by atoms with Crippen molar-refractivity contribution in [3.05, 3.63) is 22.9 Å². The minimum absolute atomic E-state index is 0.0950. The summed E-state index contributed by atoms with van der Waals surface area (Å²) in [5, 5.41) is 11.7. The van der Waals surface area contributed by atoms with Crippen LogP contribution in [0.25, 0.3) is 0 Å². The average molecular weight is 350 g/mol. The number of fused-ring (bicyclic) bond motifs is 1. The summed E-state index contributed by atoms with van der Waals surface area (Å²) in [6.45, 7) is 18.2. The van der Waals surface area contributed by atoms with Gasteiger partial charge >= 0.3 is 0 Å². The van der Waals surface area contributed by atoms with E-state index in [-0.39, 0.29) is 23.6 Å². The van der Waals surface area contributed by atoms with Crippen LogP contribution in [0.1, 0.15) is 59.8 Å². The maximum Gasteiger partial charge on any atom is 0.223 e. The zero-order valence-electron chi connectivity index (χ0n) is 16.4. The molecule has 2 atom stereocenters. The molecule has 1 amide bonds. The number of amides is 1. The maximum absolute atomic E-state index is 12.5. The summed E-state index contributed by atoms with van der Waals surface area (Å²) in [6.07, 6.45) is 4.50. The van der Waals surface area contributed by atoms with E-state index in [1.807, 2.05) is 0 Å². The molecule has 0 aromatic heterocycles. The van der Waals surface area contributed by atoms with Gasteiger partial charge in [0.1, 0.15) is 0 Å². The highest BCUT2D eigenvalue weighted by Gasteiger charge is 2.46. The van der Waals surface area contributed by atoms with Crippen LogP contribution >= 0.6 is 0 Å². The van der Waals surface area contributed by atoms with Crippen molar-refractivity contribution in [3.63, 3.8) is 0 Å². The van der Waals surface area contributed by atoms with E-state index < -0.39 is 8.07 Å². The average Bonchev–Trinajstić information content (AvgIpc) is 2.82. The summed E-state index contributed by atoms with van der Waals surface area (Å²) >= 11 is 0. The Morgan fingerprint density at radius 3 is 2.50 bits per heavy atom. The molecule has 0 saturated carbocycles. The zero-order valence-corrected chi connectivity index (χ0v) is 17.4. The number of aliphatic hydroxyl groups excluding tert-OH is 1. The van der Waals surface area contributed by atoms with E-state index in [1.54, 1.807) is 0 Å². The number of carbonyl (C=O) groups excluding carboxylic acids is 1. The van der Waals surface area contributed by atoms with Crippen LogP contribution in [-0.2, 0) is 4.79 Å². The van der Waals surface area contributed by atoms with Gasteiger partial charge in [0.05, 0.1) is 20.7 Å². The normalized spacial score (nSPS) is 27.5. The van der Waals surface area contributed by atoms with E-state index >= 15 is 0 Å². The van der Waals surface area contributed by atoms with E-state index in [4.69, 9.17) is 0 Å². The summed E-state index contributed by atoms with van der Waals surface area (Å²) < 4.78 is 0. The Morgan fingerprint density at radius 2 is 2.00 bits per heavy atom. The third kappa shape index (κ3) is 3.15. The number of hydrogen-bond acceptors (Lipinski definition) is 2. The van der Waals surface area contributed by atoms with Crippen molar-refractivity contribution < 1.29 is 9.90 Å². The molecule has 4 heteroatoms. The molecule has 0 aromatic rings. The minimum Gasteiger partial charge on any atom is -0.392 e. The first-order valence-corrected chi connectivity index (χ1v) is 12.4. The Labute approximate surface area is 148 Å². The fourth-order valence-electron chi connectivity index (χ4n) is 4.20. The summed E-state index contributed by atoms with van der Waals surface area (Å²) in [6, 6.07) is 0.442. The van der Waals surface area contributed by atoms with Gasteiger partial charge in [-0.15, -0.1) is 0 Å². The third-order valence-corrected chi connectivity index (χ3v) is 12.3. The molecule has 2 saturated heterocycles. The molecule has 136 valence electrons. The summed E-state index contributed by atoms with van der Waals surface area (Å²) in [7, 11) is -1.87. The molecule has 2 aliphatic heterocycles. The second kappa shape index (κ2) is 6.79. The number of hydrogen-bond donors (Lipinski definition) is 1. The van der Waals surface area contributed by atoms with Gasteiger partial charge < -0.3 is 10.0 Å². The van der Waals surface area contributed by atoms with E-state index in [1.165, 1.54) is 16.3 Å². The molecule has 2 fully saturated rings. The first-order chi connectivity index (χ1) is 11.1. The maximum atomic E-state index is 12.5. The highest BCUT2D eigenvalue weighted by molar-refractivity contribution is 6.87. The van der Waals surface area contributed by atoms with Gasteiger partial charge in [0, 0.05) is 12.5 Å². The highest BCUT2D eigenvalue weighted by Crippen LogP contribution is 2.47. The molecule has 0 bridgehead atoms. The number of nitrogens with zero attached hydrogens (tertiary/aromatic N) is 1. The molecule has 3 nitrogen and oxygen atoms in total. The van der Waals surface area contributed by atoms with Crippen molar-refractivity contribution in [2.24, 2.45) is 0 Å². The molecule has 0 spiro atoms. The molecule has 2 rings (SSSR count). The third-order valence-electron chi connectivity index (χ3n) is 6.58. The van der Waals surface area contributed by atoms with Gasteiger partial charge in [-0.3, -0.25) is 4.79 Å². The topological polar surface area (TPSA) is 40.5 Å². The molecular weight excluding hydrogens is 314 g/mol. The van der Waals surface area contributed by atoms with Crippen molar-refractivity contribution in [1.29, 1.82) is 0 Å². The van der Waals surface area contributed by atoms with Crippen LogP contribution in [0.15, 0.2) is 22.9 Å². The largest absolute Gasteiger partial charge is 0.392 e. The lowest BCUT2D eigenvalue weighted by Gasteiger charge is -2.46. The number of rotatable bonds is 4. The van der Waals surface area contributed by atoms with Crippen molar-refractivity contribution in [2.75, 3.05) is 6.61 Å². The lowest BCUT2D eigenvalue weighted by atomic mass is 9.85. The van der Waals surface area contributed by atoms with E-state index in [0.29, 0.717) is 12.5 Å². The fraction of sp³-hybridized carbons (Fsp3) is 0.750.